The number of carbonyl (C=O) groups excluding carboxylic acids is 1. The second kappa shape index (κ2) is 4.33. The summed E-state index contributed by atoms with van der Waals surface area (Å²) < 4.78 is 1.56. The highest BCUT2D eigenvalue weighted by atomic mass is 16.2. The van der Waals surface area contributed by atoms with Gasteiger partial charge in [-0.25, -0.2) is 0 Å². The van der Waals surface area contributed by atoms with E-state index in [1.54, 1.807) is 16.9 Å². The maximum atomic E-state index is 11.6. The molecular formula is C10H16N4O. The zero-order valence-corrected chi connectivity index (χ0v) is 8.65. The number of aromatic nitrogens is 2. The number of nitrogen functional groups attached to an aromatic ring is 1. The number of rotatable bonds is 3. The van der Waals surface area contributed by atoms with Gasteiger partial charge in [0.1, 0.15) is 12.4 Å². The number of amides is 1. The largest absolute Gasteiger partial charge is 0.382 e. The Morgan fingerprint density at radius 3 is 2.93 bits per heavy atom. The Hall–Kier alpha value is -1.52. The summed E-state index contributed by atoms with van der Waals surface area (Å²) in [6, 6.07) is 2.05. The van der Waals surface area contributed by atoms with Crippen LogP contribution in [0.5, 0.6) is 0 Å². The van der Waals surface area contributed by atoms with Crippen LogP contribution in [0.15, 0.2) is 12.3 Å². The van der Waals surface area contributed by atoms with Gasteiger partial charge in [-0.2, -0.15) is 5.10 Å². The lowest BCUT2D eigenvalue weighted by molar-refractivity contribution is -0.122. The third kappa shape index (κ3) is 2.71. The third-order valence-corrected chi connectivity index (χ3v) is 2.69. The number of nitrogens with one attached hydrogen (secondary N) is 1. The van der Waals surface area contributed by atoms with Crippen LogP contribution in [0.25, 0.3) is 0 Å². The van der Waals surface area contributed by atoms with Crippen LogP contribution in [0.4, 0.5) is 5.82 Å². The van der Waals surface area contributed by atoms with E-state index in [1.165, 1.54) is 12.8 Å². The molecule has 3 N–H and O–H groups in total. The van der Waals surface area contributed by atoms with Gasteiger partial charge in [-0.05, 0) is 18.9 Å². The molecule has 0 spiro atoms. The molecule has 5 heteroatoms. The first-order valence-electron chi connectivity index (χ1n) is 5.32. The van der Waals surface area contributed by atoms with Gasteiger partial charge < -0.3 is 11.1 Å². The van der Waals surface area contributed by atoms with Crippen molar-refractivity contribution < 1.29 is 4.79 Å². The highest BCUT2D eigenvalue weighted by molar-refractivity contribution is 5.76. The van der Waals surface area contributed by atoms with Gasteiger partial charge in [0.2, 0.25) is 5.91 Å². The summed E-state index contributed by atoms with van der Waals surface area (Å²) in [5.41, 5.74) is 5.45. The highest BCUT2D eigenvalue weighted by Crippen LogP contribution is 2.17. The van der Waals surface area contributed by atoms with Crippen molar-refractivity contribution in [1.82, 2.24) is 15.1 Å². The molecule has 1 heterocycles. The number of anilines is 1. The topological polar surface area (TPSA) is 72.9 Å². The number of hydrogen-bond donors (Lipinski definition) is 2. The molecule has 1 saturated carbocycles. The molecule has 0 aromatic carbocycles. The predicted octanol–water partition coefficient (Wildman–Crippen LogP) is 0.524. The van der Waals surface area contributed by atoms with Crippen molar-refractivity contribution in [3.05, 3.63) is 12.3 Å². The quantitative estimate of drug-likeness (QED) is 0.760. The summed E-state index contributed by atoms with van der Waals surface area (Å²) in [7, 11) is 0. The van der Waals surface area contributed by atoms with Crippen molar-refractivity contribution in [2.75, 3.05) is 5.73 Å². The zero-order chi connectivity index (χ0) is 10.7. The Morgan fingerprint density at radius 2 is 2.33 bits per heavy atom. The molecule has 82 valence electrons. The van der Waals surface area contributed by atoms with Crippen LogP contribution in [0.2, 0.25) is 0 Å². The Kier molecular flexibility index (Phi) is 2.89. The monoisotopic (exact) mass is 208 g/mol. The molecule has 1 fully saturated rings. The average molecular weight is 208 g/mol. The summed E-state index contributed by atoms with van der Waals surface area (Å²) in [5.74, 6) is 0.466. The van der Waals surface area contributed by atoms with Gasteiger partial charge in [0.25, 0.3) is 0 Å². The van der Waals surface area contributed by atoms with Gasteiger partial charge in [0.15, 0.2) is 0 Å². The van der Waals surface area contributed by atoms with Crippen molar-refractivity contribution in [2.24, 2.45) is 0 Å². The lowest BCUT2D eigenvalue weighted by Gasteiger charge is -2.11. The summed E-state index contributed by atoms with van der Waals surface area (Å²) in [6.07, 6.45) is 6.36. The fourth-order valence-corrected chi connectivity index (χ4v) is 1.96. The molecule has 1 aliphatic carbocycles. The minimum absolute atomic E-state index is 0.0185. The second-order valence-electron chi connectivity index (χ2n) is 3.99. The fourth-order valence-electron chi connectivity index (χ4n) is 1.96. The summed E-state index contributed by atoms with van der Waals surface area (Å²) in [5, 5.41) is 6.95. The van der Waals surface area contributed by atoms with Crippen LogP contribution >= 0.6 is 0 Å². The lowest BCUT2D eigenvalue weighted by Crippen LogP contribution is -2.35. The van der Waals surface area contributed by atoms with Crippen LogP contribution in [0, 0.1) is 0 Å². The van der Waals surface area contributed by atoms with Gasteiger partial charge in [0.05, 0.1) is 0 Å². The molecule has 0 atom stereocenters. The molecule has 1 amide bonds. The van der Waals surface area contributed by atoms with Crippen molar-refractivity contribution >= 4 is 11.7 Å². The highest BCUT2D eigenvalue weighted by Gasteiger charge is 2.17. The Balaban J connectivity index is 1.81. The van der Waals surface area contributed by atoms with Crippen LogP contribution in [0.3, 0.4) is 0 Å². The molecule has 2 rings (SSSR count). The van der Waals surface area contributed by atoms with E-state index in [0.29, 0.717) is 11.9 Å². The molecule has 0 bridgehead atoms. The zero-order valence-electron chi connectivity index (χ0n) is 8.65. The van der Waals surface area contributed by atoms with Crippen LogP contribution in [0.1, 0.15) is 25.7 Å². The maximum Gasteiger partial charge on any atom is 0.241 e. The molecule has 1 aromatic heterocycles. The first-order valence-corrected chi connectivity index (χ1v) is 5.32. The van der Waals surface area contributed by atoms with Crippen LogP contribution in [-0.4, -0.2) is 21.7 Å². The molecule has 0 radical (unpaired) electrons. The van der Waals surface area contributed by atoms with Gasteiger partial charge in [-0.1, -0.05) is 12.8 Å². The van der Waals surface area contributed by atoms with Gasteiger partial charge >= 0.3 is 0 Å². The van der Waals surface area contributed by atoms with E-state index in [1.807, 2.05) is 0 Å². The fraction of sp³-hybridized carbons (Fsp3) is 0.600. The molecule has 0 saturated heterocycles. The molecule has 15 heavy (non-hydrogen) atoms. The molecule has 0 unspecified atom stereocenters. The number of carbonyl (C=O) groups is 1. The second-order valence-corrected chi connectivity index (χ2v) is 3.99. The summed E-state index contributed by atoms with van der Waals surface area (Å²) >= 11 is 0. The van der Waals surface area contributed by atoms with Crippen molar-refractivity contribution in [2.45, 2.75) is 38.3 Å². The number of nitrogens with two attached hydrogens (primary N) is 1. The third-order valence-electron chi connectivity index (χ3n) is 2.69. The summed E-state index contributed by atoms with van der Waals surface area (Å²) in [6.45, 7) is 0.258. The van der Waals surface area contributed by atoms with Crippen LogP contribution in [-0.2, 0) is 11.3 Å². The minimum atomic E-state index is 0.0185. The number of hydrogen-bond acceptors (Lipinski definition) is 3. The molecule has 1 aliphatic rings. The van der Waals surface area contributed by atoms with E-state index in [-0.39, 0.29) is 12.5 Å². The van der Waals surface area contributed by atoms with Gasteiger partial charge in [0, 0.05) is 12.2 Å². The standard InChI is InChI=1S/C10H16N4O/c11-9-5-6-14(13-9)7-10(15)12-8-3-1-2-4-8/h5-6,8H,1-4,7H2,(H2,11,13)(H,12,15). The van der Waals surface area contributed by atoms with Gasteiger partial charge in [-0.15, -0.1) is 0 Å². The maximum absolute atomic E-state index is 11.6. The predicted molar refractivity (Wildman–Crippen MR) is 57.0 cm³/mol. The van der Waals surface area contributed by atoms with Crippen molar-refractivity contribution in [1.29, 1.82) is 0 Å². The minimum Gasteiger partial charge on any atom is -0.382 e. The first-order chi connectivity index (χ1) is 7.24. The molecule has 0 aliphatic heterocycles. The van der Waals surface area contributed by atoms with E-state index in [4.69, 9.17) is 5.73 Å². The lowest BCUT2D eigenvalue weighted by atomic mass is 10.2. The normalized spacial score (nSPS) is 16.8. The van der Waals surface area contributed by atoms with E-state index in [0.717, 1.165) is 12.8 Å². The molecule has 5 nitrogen and oxygen atoms in total. The molecule has 1 aromatic rings. The average Bonchev–Trinajstić information content (AvgIpc) is 2.77. The molecular weight excluding hydrogens is 192 g/mol. The van der Waals surface area contributed by atoms with E-state index in [2.05, 4.69) is 10.4 Å². The van der Waals surface area contributed by atoms with Crippen LogP contribution < -0.4 is 11.1 Å². The van der Waals surface area contributed by atoms with Crippen molar-refractivity contribution in [3.8, 4) is 0 Å². The Labute approximate surface area is 88.6 Å². The SMILES string of the molecule is Nc1ccn(CC(=O)NC2CCCC2)n1. The Morgan fingerprint density at radius 1 is 1.60 bits per heavy atom. The number of nitrogens with zero attached hydrogens (tertiary/aromatic N) is 2. The first kappa shape index (κ1) is 10.0. The van der Waals surface area contributed by atoms with Gasteiger partial charge in [-0.3, -0.25) is 9.48 Å². The smallest absolute Gasteiger partial charge is 0.241 e. The summed E-state index contributed by atoms with van der Waals surface area (Å²) in [4.78, 5) is 11.6. The van der Waals surface area contributed by atoms with E-state index >= 15 is 0 Å². The Bertz CT molecular complexity index is 341. The van der Waals surface area contributed by atoms with E-state index < -0.39 is 0 Å². The van der Waals surface area contributed by atoms with Crippen molar-refractivity contribution in [3.63, 3.8) is 0 Å². The van der Waals surface area contributed by atoms with E-state index in [9.17, 15) is 4.79 Å².